The van der Waals surface area contributed by atoms with Crippen molar-refractivity contribution in [3.05, 3.63) is 30.1 Å². The summed E-state index contributed by atoms with van der Waals surface area (Å²) in [5.74, 6) is 0.295. The fourth-order valence-electron chi connectivity index (χ4n) is 2.55. The van der Waals surface area contributed by atoms with Gasteiger partial charge >= 0.3 is 5.97 Å². The summed E-state index contributed by atoms with van der Waals surface area (Å²) in [6.07, 6.45) is 0. The van der Waals surface area contributed by atoms with Crippen LogP contribution in [0.5, 0.6) is 0 Å². The minimum atomic E-state index is -1.15. The molecule has 0 amide bonds. The van der Waals surface area contributed by atoms with E-state index in [4.69, 9.17) is 5.11 Å². The van der Waals surface area contributed by atoms with Gasteiger partial charge in [0.1, 0.15) is 11.9 Å². The Morgan fingerprint density at radius 3 is 2.90 bits per heavy atom. The summed E-state index contributed by atoms with van der Waals surface area (Å²) in [5.41, 5.74) is 1.84. The van der Waals surface area contributed by atoms with E-state index in [1.807, 2.05) is 35.9 Å². The van der Waals surface area contributed by atoms with Crippen molar-refractivity contribution in [2.75, 3.05) is 11.5 Å². The number of rotatable bonds is 2. The van der Waals surface area contributed by atoms with E-state index in [1.165, 1.54) is 0 Å². The number of aliphatic carboxylic acids is 1. The van der Waals surface area contributed by atoms with Gasteiger partial charge in [0.2, 0.25) is 0 Å². The molecule has 1 aliphatic heterocycles. The van der Waals surface area contributed by atoms with Crippen molar-refractivity contribution in [1.82, 2.24) is 14.9 Å². The first-order valence-corrected chi connectivity index (χ1v) is 7.80. The number of aryl methyl sites for hydroxylation is 1. The van der Waals surface area contributed by atoms with Crippen LogP contribution in [0.1, 0.15) is 11.9 Å². The fraction of sp³-hybridized carbons (Fsp3) is 0.385. The molecule has 1 aromatic heterocycles. The summed E-state index contributed by atoms with van der Waals surface area (Å²) >= 11 is 0. The Hall–Kier alpha value is -1.73. The van der Waals surface area contributed by atoms with Gasteiger partial charge in [-0.1, -0.05) is 12.1 Å². The molecule has 3 atom stereocenters. The Labute approximate surface area is 118 Å². The molecule has 0 radical (unpaired) electrons. The van der Waals surface area contributed by atoms with Crippen LogP contribution in [0.2, 0.25) is 0 Å². The lowest BCUT2D eigenvalue weighted by atomic mass is 10.2. The molecule has 1 aromatic carbocycles. The highest BCUT2D eigenvalue weighted by Gasteiger charge is 2.33. The molecule has 20 heavy (non-hydrogen) atoms. The number of para-hydroxylation sites is 2. The van der Waals surface area contributed by atoms with Crippen molar-refractivity contribution in [3.63, 3.8) is 0 Å². The van der Waals surface area contributed by atoms with Crippen molar-refractivity contribution in [1.29, 1.82) is 0 Å². The average molecular weight is 293 g/mol. The van der Waals surface area contributed by atoms with Gasteiger partial charge in [-0.15, -0.1) is 0 Å². The van der Waals surface area contributed by atoms with Gasteiger partial charge in [0, 0.05) is 29.4 Å². The van der Waals surface area contributed by atoms with E-state index >= 15 is 0 Å². The highest BCUT2D eigenvalue weighted by Crippen LogP contribution is 2.23. The van der Waals surface area contributed by atoms with Crippen molar-refractivity contribution < 1.29 is 14.1 Å². The van der Waals surface area contributed by atoms with Crippen molar-refractivity contribution in [2.24, 2.45) is 7.05 Å². The predicted molar refractivity (Wildman–Crippen MR) is 75.9 cm³/mol. The molecule has 0 spiro atoms. The molecule has 2 N–H and O–H groups in total. The third kappa shape index (κ3) is 2.23. The fourth-order valence-corrected chi connectivity index (χ4v) is 3.91. The van der Waals surface area contributed by atoms with Gasteiger partial charge < -0.3 is 9.67 Å². The van der Waals surface area contributed by atoms with Crippen LogP contribution < -0.4 is 5.32 Å². The number of fused-ring (bicyclic) bond motifs is 1. The molecule has 0 bridgehead atoms. The molecular weight excluding hydrogens is 278 g/mol. The van der Waals surface area contributed by atoms with Gasteiger partial charge in [-0.05, 0) is 12.1 Å². The number of hydrogen-bond donors (Lipinski definition) is 2. The topological polar surface area (TPSA) is 84.2 Å². The van der Waals surface area contributed by atoms with Gasteiger partial charge in [0.25, 0.3) is 0 Å². The zero-order chi connectivity index (χ0) is 14.3. The van der Waals surface area contributed by atoms with Gasteiger partial charge in [0.05, 0.1) is 17.1 Å². The smallest absolute Gasteiger partial charge is 0.321 e. The molecule has 0 aliphatic carbocycles. The third-order valence-corrected chi connectivity index (χ3v) is 4.95. The third-order valence-electron chi connectivity index (χ3n) is 3.54. The molecule has 1 saturated heterocycles. The second kappa shape index (κ2) is 4.99. The summed E-state index contributed by atoms with van der Waals surface area (Å²) in [5, 5.41) is 12.1. The highest BCUT2D eigenvalue weighted by molar-refractivity contribution is 7.85. The van der Waals surface area contributed by atoms with Crippen LogP contribution in [-0.2, 0) is 22.6 Å². The van der Waals surface area contributed by atoms with Crippen LogP contribution in [0, 0.1) is 0 Å². The number of carboxylic acids is 1. The van der Waals surface area contributed by atoms with Crippen LogP contribution in [0.3, 0.4) is 0 Å². The monoisotopic (exact) mass is 293 g/mol. The van der Waals surface area contributed by atoms with E-state index in [9.17, 15) is 9.00 Å². The number of carboxylic acid groups (broad SMARTS) is 1. The maximum absolute atomic E-state index is 11.9. The average Bonchev–Trinajstić information content (AvgIpc) is 2.76. The van der Waals surface area contributed by atoms with Gasteiger partial charge in [-0.3, -0.25) is 14.3 Å². The van der Waals surface area contributed by atoms with Crippen LogP contribution in [-0.4, -0.2) is 42.4 Å². The van der Waals surface area contributed by atoms with Gasteiger partial charge in [-0.25, -0.2) is 4.98 Å². The van der Waals surface area contributed by atoms with Gasteiger partial charge in [-0.2, -0.15) is 0 Å². The van der Waals surface area contributed by atoms with E-state index in [0.29, 0.717) is 5.75 Å². The zero-order valence-corrected chi connectivity index (χ0v) is 11.8. The number of nitrogens with one attached hydrogen (secondary N) is 1. The number of aromatic nitrogens is 2. The van der Waals surface area contributed by atoms with E-state index in [0.717, 1.165) is 16.9 Å². The van der Waals surface area contributed by atoms with E-state index in [-0.39, 0.29) is 11.8 Å². The number of hydrogen-bond acceptors (Lipinski definition) is 4. The van der Waals surface area contributed by atoms with Crippen molar-refractivity contribution >= 4 is 27.8 Å². The van der Waals surface area contributed by atoms with Crippen LogP contribution in [0.4, 0.5) is 0 Å². The Kier molecular flexibility index (Phi) is 3.31. The van der Waals surface area contributed by atoms with Crippen LogP contribution in [0.25, 0.3) is 11.0 Å². The van der Waals surface area contributed by atoms with Crippen LogP contribution in [0.15, 0.2) is 24.3 Å². The quantitative estimate of drug-likeness (QED) is 0.838. The Morgan fingerprint density at radius 2 is 2.20 bits per heavy atom. The van der Waals surface area contributed by atoms with Gasteiger partial charge in [0.15, 0.2) is 0 Å². The standard InChI is InChI=1S/C13H15N3O3S/c1-16-11-5-3-2-4-8(11)15-12(16)9-6-20(19)7-10(14-9)13(17)18/h2-5,9-10,14H,6-7H2,1H3,(H,17,18). The van der Waals surface area contributed by atoms with E-state index in [2.05, 4.69) is 10.3 Å². The molecular formula is C13H15N3O3S. The van der Waals surface area contributed by atoms with Crippen molar-refractivity contribution in [2.45, 2.75) is 12.1 Å². The normalized spacial score (nSPS) is 26.8. The zero-order valence-electron chi connectivity index (χ0n) is 10.9. The first kappa shape index (κ1) is 13.3. The minimum Gasteiger partial charge on any atom is -0.480 e. The summed E-state index contributed by atoms with van der Waals surface area (Å²) in [6, 6.07) is 6.62. The predicted octanol–water partition coefficient (Wildman–Crippen LogP) is 0.419. The first-order valence-electron chi connectivity index (χ1n) is 6.31. The van der Waals surface area contributed by atoms with Crippen molar-refractivity contribution in [3.8, 4) is 0 Å². The lowest BCUT2D eigenvalue weighted by Gasteiger charge is -2.27. The molecule has 3 rings (SSSR count). The number of benzene rings is 1. The van der Waals surface area contributed by atoms with E-state index in [1.54, 1.807) is 0 Å². The summed E-state index contributed by atoms with van der Waals surface area (Å²) in [4.78, 5) is 15.6. The largest absolute Gasteiger partial charge is 0.480 e. The molecule has 6 nitrogen and oxygen atoms in total. The molecule has 1 aliphatic rings. The summed E-state index contributed by atoms with van der Waals surface area (Å²) < 4.78 is 13.8. The minimum absolute atomic E-state index is 0.149. The highest BCUT2D eigenvalue weighted by atomic mass is 32.2. The summed E-state index contributed by atoms with van der Waals surface area (Å²) in [6.45, 7) is 0. The number of nitrogens with zero attached hydrogens (tertiary/aromatic N) is 2. The summed E-state index contributed by atoms with van der Waals surface area (Å²) in [7, 11) is 0.741. The Bertz CT molecular complexity index is 697. The second-order valence-electron chi connectivity index (χ2n) is 4.90. The molecule has 0 saturated carbocycles. The molecule has 7 heteroatoms. The maximum atomic E-state index is 11.9. The number of imidazole rings is 1. The number of carbonyl (C=O) groups is 1. The molecule has 3 unspecified atom stereocenters. The van der Waals surface area contributed by atoms with Crippen LogP contribution >= 0.6 is 0 Å². The molecule has 2 heterocycles. The van der Waals surface area contributed by atoms with E-state index < -0.39 is 22.8 Å². The molecule has 106 valence electrons. The lowest BCUT2D eigenvalue weighted by Crippen LogP contribution is -2.49. The maximum Gasteiger partial charge on any atom is 0.321 e. The Balaban J connectivity index is 1.99. The molecule has 2 aromatic rings. The lowest BCUT2D eigenvalue weighted by molar-refractivity contribution is -0.139. The first-order chi connectivity index (χ1) is 9.56. The SMILES string of the molecule is Cn1c(C2CS(=O)CC(C(=O)O)N2)nc2ccccc21. The Morgan fingerprint density at radius 1 is 1.45 bits per heavy atom. The second-order valence-corrected chi connectivity index (χ2v) is 6.45. The molecule has 1 fully saturated rings.